The number of hydrogen-bond acceptors (Lipinski definition) is 6. The number of amides is 3. The fourth-order valence-corrected chi connectivity index (χ4v) is 6.29. The first-order valence-corrected chi connectivity index (χ1v) is 16.6. The van der Waals surface area contributed by atoms with Gasteiger partial charge in [0.05, 0.1) is 11.6 Å². The van der Waals surface area contributed by atoms with Crippen molar-refractivity contribution >= 4 is 39.5 Å². The first-order valence-electron chi connectivity index (χ1n) is 14.7. The standard InChI is InChI=1S/C29H46ClFN4O6S/c1-20(2)17-25(34-27(36)13-11-23-9-5-8-16-35(23)29(38)41-19-21(3)4)28(37)32-14-6-7-15-33-42(39,40)26-12-10-22(31)18-24(26)30/h10,12,18,20-21,23,25,33H,5-9,11,13-17,19H2,1-4H3,(H,32,37)(H,34,36)/t23?,25-/m0/s1. The van der Waals surface area contributed by atoms with E-state index < -0.39 is 21.9 Å². The normalized spacial score (nSPS) is 16.4. The Labute approximate surface area is 254 Å². The van der Waals surface area contributed by atoms with Crippen molar-refractivity contribution in [3.8, 4) is 0 Å². The lowest BCUT2D eigenvalue weighted by atomic mass is 9.98. The quantitative estimate of drug-likeness (QED) is 0.228. The molecule has 3 amide bonds. The molecule has 0 bridgehead atoms. The number of halogens is 2. The molecule has 1 aromatic carbocycles. The molecule has 1 saturated heterocycles. The maximum absolute atomic E-state index is 13.2. The van der Waals surface area contributed by atoms with E-state index in [4.69, 9.17) is 16.3 Å². The van der Waals surface area contributed by atoms with Gasteiger partial charge in [-0.2, -0.15) is 0 Å². The summed E-state index contributed by atoms with van der Waals surface area (Å²) in [6, 6.07) is 2.30. The SMILES string of the molecule is CC(C)COC(=O)N1CCCCC1CCC(=O)N[C@@H](CC(C)C)C(=O)NCCCCNS(=O)(=O)c1ccc(F)cc1Cl. The smallest absolute Gasteiger partial charge is 0.410 e. The molecule has 1 aliphatic rings. The molecule has 1 unspecified atom stereocenters. The number of ether oxygens (including phenoxy) is 1. The Hall–Kier alpha value is -2.44. The van der Waals surface area contributed by atoms with E-state index in [1.54, 1.807) is 4.90 Å². The third-order valence-corrected chi connectivity index (χ3v) is 8.79. The van der Waals surface area contributed by atoms with Crippen molar-refractivity contribution < 1.29 is 31.9 Å². The van der Waals surface area contributed by atoms with Gasteiger partial charge in [-0.05, 0) is 75.0 Å². The van der Waals surface area contributed by atoms with E-state index in [0.29, 0.717) is 45.4 Å². The molecule has 2 rings (SSSR count). The van der Waals surface area contributed by atoms with Gasteiger partial charge in [0.15, 0.2) is 0 Å². The zero-order valence-corrected chi connectivity index (χ0v) is 26.7. The van der Waals surface area contributed by atoms with Crippen LogP contribution in [-0.4, -0.2) is 69.6 Å². The summed E-state index contributed by atoms with van der Waals surface area (Å²) in [4.78, 5) is 39.8. The van der Waals surface area contributed by atoms with E-state index in [9.17, 15) is 27.2 Å². The van der Waals surface area contributed by atoms with Gasteiger partial charge in [-0.1, -0.05) is 39.3 Å². The second kappa shape index (κ2) is 17.6. The number of carbonyl (C=O) groups excluding carboxylic acids is 3. The number of piperidine rings is 1. The van der Waals surface area contributed by atoms with E-state index in [2.05, 4.69) is 15.4 Å². The first kappa shape index (κ1) is 35.8. The van der Waals surface area contributed by atoms with E-state index in [1.165, 1.54) is 0 Å². The van der Waals surface area contributed by atoms with Gasteiger partial charge in [-0.25, -0.2) is 22.3 Å². The van der Waals surface area contributed by atoms with Crippen LogP contribution in [0.4, 0.5) is 9.18 Å². The molecule has 2 atom stereocenters. The largest absolute Gasteiger partial charge is 0.449 e. The van der Waals surface area contributed by atoms with Crippen molar-refractivity contribution in [3.05, 3.63) is 29.0 Å². The maximum atomic E-state index is 13.2. The second-order valence-corrected chi connectivity index (χ2v) is 13.7. The van der Waals surface area contributed by atoms with Crippen LogP contribution in [-0.2, 0) is 24.3 Å². The number of benzene rings is 1. The number of nitrogens with one attached hydrogen (secondary N) is 3. The minimum atomic E-state index is -3.89. The monoisotopic (exact) mass is 632 g/mol. The summed E-state index contributed by atoms with van der Waals surface area (Å²) < 4.78 is 45.9. The highest BCUT2D eigenvalue weighted by Crippen LogP contribution is 2.23. The molecule has 0 saturated carbocycles. The minimum Gasteiger partial charge on any atom is -0.449 e. The maximum Gasteiger partial charge on any atom is 0.410 e. The molecule has 0 radical (unpaired) electrons. The van der Waals surface area contributed by atoms with Crippen LogP contribution in [0.3, 0.4) is 0 Å². The predicted molar refractivity (Wildman–Crippen MR) is 160 cm³/mol. The number of hydrogen-bond donors (Lipinski definition) is 3. The van der Waals surface area contributed by atoms with Crippen molar-refractivity contribution in [1.29, 1.82) is 0 Å². The molecule has 13 heteroatoms. The summed E-state index contributed by atoms with van der Waals surface area (Å²) in [6.07, 6.45) is 4.47. The highest BCUT2D eigenvalue weighted by Gasteiger charge is 2.29. The lowest BCUT2D eigenvalue weighted by Gasteiger charge is -2.35. The van der Waals surface area contributed by atoms with Crippen molar-refractivity contribution in [2.45, 2.75) is 96.0 Å². The molecule has 1 heterocycles. The molecule has 42 heavy (non-hydrogen) atoms. The molecule has 0 aliphatic carbocycles. The van der Waals surface area contributed by atoms with Crippen molar-refractivity contribution in [1.82, 2.24) is 20.3 Å². The van der Waals surface area contributed by atoms with Crippen LogP contribution in [0.25, 0.3) is 0 Å². The van der Waals surface area contributed by atoms with Crippen LogP contribution < -0.4 is 15.4 Å². The summed E-state index contributed by atoms with van der Waals surface area (Å²) in [7, 11) is -3.89. The first-order chi connectivity index (χ1) is 19.8. The number of rotatable bonds is 16. The van der Waals surface area contributed by atoms with Gasteiger partial charge in [-0.15, -0.1) is 0 Å². The van der Waals surface area contributed by atoms with Gasteiger partial charge in [-0.3, -0.25) is 9.59 Å². The highest BCUT2D eigenvalue weighted by atomic mass is 35.5. The van der Waals surface area contributed by atoms with Gasteiger partial charge < -0.3 is 20.3 Å². The number of unbranched alkanes of at least 4 members (excludes halogenated alkanes) is 1. The lowest BCUT2D eigenvalue weighted by Crippen LogP contribution is -2.48. The zero-order chi connectivity index (χ0) is 31.3. The highest BCUT2D eigenvalue weighted by molar-refractivity contribution is 7.89. The van der Waals surface area contributed by atoms with Crippen LogP contribution >= 0.6 is 11.6 Å². The summed E-state index contributed by atoms with van der Waals surface area (Å²) >= 11 is 5.85. The molecule has 0 spiro atoms. The molecule has 238 valence electrons. The summed E-state index contributed by atoms with van der Waals surface area (Å²) in [6.45, 7) is 9.28. The van der Waals surface area contributed by atoms with Gasteiger partial charge in [0.25, 0.3) is 0 Å². The van der Waals surface area contributed by atoms with Crippen LogP contribution in [0.2, 0.25) is 5.02 Å². The van der Waals surface area contributed by atoms with Gasteiger partial charge >= 0.3 is 6.09 Å². The fraction of sp³-hybridized carbons (Fsp3) is 0.690. The number of likely N-dealkylation sites (tertiary alicyclic amines) is 1. The Balaban J connectivity index is 1.78. The summed E-state index contributed by atoms with van der Waals surface area (Å²) in [5.41, 5.74) is 0. The molecule has 1 aromatic rings. The van der Waals surface area contributed by atoms with Gasteiger partial charge in [0.1, 0.15) is 16.8 Å². The predicted octanol–water partition coefficient (Wildman–Crippen LogP) is 4.61. The van der Waals surface area contributed by atoms with E-state index >= 15 is 0 Å². The Morgan fingerprint density at radius 3 is 2.48 bits per heavy atom. The van der Waals surface area contributed by atoms with Crippen LogP contribution in [0.1, 0.15) is 79.1 Å². The van der Waals surface area contributed by atoms with Gasteiger partial charge in [0, 0.05) is 32.1 Å². The molecule has 10 nitrogen and oxygen atoms in total. The van der Waals surface area contributed by atoms with Crippen molar-refractivity contribution in [2.75, 3.05) is 26.2 Å². The van der Waals surface area contributed by atoms with Crippen molar-refractivity contribution in [3.63, 3.8) is 0 Å². The van der Waals surface area contributed by atoms with E-state index in [0.717, 1.165) is 37.5 Å². The summed E-state index contributed by atoms with van der Waals surface area (Å²) in [5, 5.41) is 5.48. The molecule has 0 aromatic heterocycles. The van der Waals surface area contributed by atoms with E-state index in [-0.39, 0.29) is 58.7 Å². The molecular formula is C29H46ClFN4O6S. The minimum absolute atomic E-state index is 0.0713. The number of carbonyl (C=O) groups is 3. The molecule has 1 aliphatic heterocycles. The van der Waals surface area contributed by atoms with Crippen molar-refractivity contribution in [2.24, 2.45) is 11.8 Å². The summed E-state index contributed by atoms with van der Waals surface area (Å²) in [5.74, 6) is -0.764. The Kier molecular flexibility index (Phi) is 15.0. The topological polar surface area (TPSA) is 134 Å². The molecule has 1 fully saturated rings. The Morgan fingerprint density at radius 2 is 1.81 bits per heavy atom. The second-order valence-electron chi connectivity index (χ2n) is 11.6. The molecular weight excluding hydrogens is 587 g/mol. The average Bonchev–Trinajstić information content (AvgIpc) is 2.91. The molecule has 3 N–H and O–H groups in total. The number of sulfonamides is 1. The fourth-order valence-electron chi connectivity index (χ4n) is 4.69. The third kappa shape index (κ3) is 12.4. The van der Waals surface area contributed by atoms with Crippen LogP contribution in [0, 0.1) is 17.7 Å². The third-order valence-electron chi connectivity index (χ3n) is 6.84. The Morgan fingerprint density at radius 1 is 1.10 bits per heavy atom. The van der Waals surface area contributed by atoms with Gasteiger partial charge in [0.2, 0.25) is 21.8 Å². The van der Waals surface area contributed by atoms with Crippen LogP contribution in [0.15, 0.2) is 23.1 Å². The zero-order valence-electron chi connectivity index (χ0n) is 25.1. The van der Waals surface area contributed by atoms with Crippen LogP contribution in [0.5, 0.6) is 0 Å². The number of nitrogens with zero attached hydrogens (tertiary/aromatic N) is 1. The Bertz CT molecular complexity index is 1150. The van der Waals surface area contributed by atoms with E-state index in [1.807, 2.05) is 27.7 Å². The average molecular weight is 633 g/mol. The lowest BCUT2D eigenvalue weighted by molar-refractivity contribution is -0.129.